The molecule has 5 heteroatoms. The summed E-state index contributed by atoms with van der Waals surface area (Å²) >= 11 is 0. The number of ether oxygens (including phenoxy) is 1. The van der Waals surface area contributed by atoms with Crippen molar-refractivity contribution in [3.63, 3.8) is 0 Å². The van der Waals surface area contributed by atoms with E-state index in [9.17, 15) is 0 Å². The van der Waals surface area contributed by atoms with Crippen molar-refractivity contribution in [2.24, 2.45) is 0 Å². The quantitative estimate of drug-likeness (QED) is 0.907. The molecule has 2 aromatic rings. The maximum atomic E-state index is 5.82. The number of aromatic nitrogens is 2. The Bertz CT molecular complexity index is 559. The van der Waals surface area contributed by atoms with Gasteiger partial charge in [-0.1, -0.05) is 12.1 Å². The molecule has 112 valence electrons. The third-order valence-electron chi connectivity index (χ3n) is 3.69. The summed E-state index contributed by atoms with van der Waals surface area (Å²) in [5.74, 6) is 0. The van der Waals surface area contributed by atoms with Crippen LogP contribution in [0.2, 0.25) is 0 Å². The van der Waals surface area contributed by atoms with Crippen molar-refractivity contribution in [1.29, 1.82) is 0 Å². The second-order valence-corrected chi connectivity index (χ2v) is 5.61. The molecule has 2 heterocycles. The molecule has 2 atom stereocenters. The summed E-state index contributed by atoms with van der Waals surface area (Å²) in [6, 6.07) is 10.4. The molecule has 1 saturated heterocycles. The number of rotatable bonds is 4. The Morgan fingerprint density at radius 1 is 1.24 bits per heavy atom. The van der Waals surface area contributed by atoms with Crippen LogP contribution in [0.5, 0.6) is 0 Å². The van der Waals surface area contributed by atoms with E-state index in [0.29, 0.717) is 0 Å². The van der Waals surface area contributed by atoms with Gasteiger partial charge in [0.25, 0.3) is 0 Å². The Hall–Kier alpha value is -2.01. The lowest BCUT2D eigenvalue weighted by atomic mass is 10.1. The van der Waals surface area contributed by atoms with E-state index in [1.807, 2.05) is 6.07 Å². The minimum absolute atomic E-state index is 0.259. The fourth-order valence-corrected chi connectivity index (χ4v) is 2.85. The molecule has 0 unspecified atom stereocenters. The number of para-hydroxylation sites is 2. The highest BCUT2D eigenvalue weighted by atomic mass is 16.5. The zero-order valence-corrected chi connectivity index (χ0v) is 12.5. The molecule has 0 radical (unpaired) electrons. The summed E-state index contributed by atoms with van der Waals surface area (Å²) in [4.78, 5) is 2.40. The van der Waals surface area contributed by atoms with Gasteiger partial charge >= 0.3 is 0 Å². The van der Waals surface area contributed by atoms with Crippen molar-refractivity contribution in [2.75, 3.05) is 23.3 Å². The van der Waals surface area contributed by atoms with Crippen molar-refractivity contribution in [1.82, 2.24) is 10.2 Å². The highest BCUT2D eigenvalue weighted by Crippen LogP contribution is 2.28. The molecular formula is C16H22N4O. The highest BCUT2D eigenvalue weighted by molar-refractivity contribution is 5.70. The first-order chi connectivity index (χ1) is 10.2. The summed E-state index contributed by atoms with van der Waals surface area (Å²) in [7, 11) is 0. The van der Waals surface area contributed by atoms with Crippen molar-refractivity contribution in [2.45, 2.75) is 32.6 Å². The number of morpholine rings is 1. The molecule has 2 N–H and O–H groups in total. The Kier molecular flexibility index (Phi) is 4.10. The van der Waals surface area contributed by atoms with Gasteiger partial charge in [0.2, 0.25) is 0 Å². The number of benzene rings is 1. The fraction of sp³-hybridized carbons (Fsp3) is 0.438. The van der Waals surface area contributed by atoms with Crippen LogP contribution in [0.3, 0.4) is 0 Å². The van der Waals surface area contributed by atoms with E-state index in [-0.39, 0.29) is 12.2 Å². The molecule has 1 aromatic heterocycles. The molecule has 0 bridgehead atoms. The first kappa shape index (κ1) is 13.9. The lowest BCUT2D eigenvalue weighted by Gasteiger charge is -2.37. The smallest absolute Gasteiger partial charge is 0.0726 e. The van der Waals surface area contributed by atoms with Crippen LogP contribution in [0.1, 0.15) is 19.5 Å². The maximum absolute atomic E-state index is 5.82. The molecule has 0 amide bonds. The van der Waals surface area contributed by atoms with Gasteiger partial charge in [-0.3, -0.25) is 5.10 Å². The number of nitrogens with one attached hydrogen (secondary N) is 2. The third kappa shape index (κ3) is 3.36. The van der Waals surface area contributed by atoms with Gasteiger partial charge in [0, 0.05) is 19.3 Å². The lowest BCUT2D eigenvalue weighted by molar-refractivity contribution is -0.00517. The standard InChI is InChI=1S/C16H22N4O/c1-12-10-20(11-13(2)21-12)16-6-4-3-5-15(16)17-9-14-7-8-18-19-14/h3-8,12-13,17H,9-11H2,1-2H3,(H,18,19)/t12-,13-/m1/s1. The van der Waals surface area contributed by atoms with Crippen molar-refractivity contribution in [3.05, 3.63) is 42.2 Å². The van der Waals surface area contributed by atoms with E-state index < -0.39 is 0 Å². The molecule has 5 nitrogen and oxygen atoms in total. The van der Waals surface area contributed by atoms with Crippen LogP contribution < -0.4 is 10.2 Å². The summed E-state index contributed by atoms with van der Waals surface area (Å²) < 4.78 is 5.82. The monoisotopic (exact) mass is 286 g/mol. The zero-order valence-electron chi connectivity index (χ0n) is 12.5. The van der Waals surface area contributed by atoms with Gasteiger partial charge in [0.1, 0.15) is 0 Å². The Morgan fingerprint density at radius 3 is 2.71 bits per heavy atom. The Balaban J connectivity index is 1.75. The topological polar surface area (TPSA) is 53.2 Å². The average Bonchev–Trinajstić information content (AvgIpc) is 2.98. The second kappa shape index (κ2) is 6.18. The summed E-state index contributed by atoms with van der Waals surface area (Å²) in [5, 5.41) is 10.4. The SMILES string of the molecule is C[C@@H]1CN(c2ccccc2NCc2ccn[nH]2)C[C@@H](C)O1. The number of anilines is 2. The van der Waals surface area contributed by atoms with Gasteiger partial charge < -0.3 is 15.0 Å². The van der Waals surface area contributed by atoms with Crippen LogP contribution in [0, 0.1) is 0 Å². The number of H-pyrrole nitrogens is 1. The van der Waals surface area contributed by atoms with Crippen LogP contribution in [0.4, 0.5) is 11.4 Å². The normalized spacial score (nSPS) is 22.3. The van der Waals surface area contributed by atoms with Crippen molar-refractivity contribution >= 4 is 11.4 Å². The molecule has 1 aliphatic rings. The van der Waals surface area contributed by atoms with Crippen LogP contribution in [-0.4, -0.2) is 35.5 Å². The zero-order chi connectivity index (χ0) is 14.7. The first-order valence-electron chi connectivity index (χ1n) is 7.44. The number of hydrogen-bond acceptors (Lipinski definition) is 4. The van der Waals surface area contributed by atoms with Gasteiger partial charge in [-0.15, -0.1) is 0 Å². The minimum atomic E-state index is 0.259. The molecule has 0 saturated carbocycles. The summed E-state index contributed by atoms with van der Waals surface area (Å²) in [6.45, 7) is 6.85. The molecule has 1 aromatic carbocycles. The number of nitrogens with zero attached hydrogens (tertiary/aromatic N) is 2. The van der Waals surface area contributed by atoms with Crippen LogP contribution in [0.15, 0.2) is 36.5 Å². The fourth-order valence-electron chi connectivity index (χ4n) is 2.85. The van der Waals surface area contributed by atoms with Crippen LogP contribution >= 0.6 is 0 Å². The predicted octanol–water partition coefficient (Wildman–Crippen LogP) is 2.64. The van der Waals surface area contributed by atoms with E-state index in [2.05, 4.69) is 58.5 Å². The molecule has 21 heavy (non-hydrogen) atoms. The first-order valence-corrected chi connectivity index (χ1v) is 7.44. The average molecular weight is 286 g/mol. The minimum Gasteiger partial charge on any atom is -0.378 e. The second-order valence-electron chi connectivity index (χ2n) is 5.61. The molecule has 1 aliphatic heterocycles. The third-order valence-corrected chi connectivity index (χ3v) is 3.69. The highest BCUT2D eigenvalue weighted by Gasteiger charge is 2.23. The number of aromatic amines is 1. The van der Waals surface area contributed by atoms with Crippen molar-refractivity contribution in [3.8, 4) is 0 Å². The predicted molar refractivity (Wildman–Crippen MR) is 84.6 cm³/mol. The van der Waals surface area contributed by atoms with E-state index >= 15 is 0 Å². The van der Waals surface area contributed by atoms with E-state index in [0.717, 1.165) is 31.0 Å². The van der Waals surface area contributed by atoms with Gasteiger partial charge in [0.15, 0.2) is 0 Å². The Morgan fingerprint density at radius 2 is 2.00 bits per heavy atom. The lowest BCUT2D eigenvalue weighted by Crippen LogP contribution is -2.45. The largest absolute Gasteiger partial charge is 0.378 e. The maximum Gasteiger partial charge on any atom is 0.0726 e. The van der Waals surface area contributed by atoms with E-state index in [1.165, 1.54) is 5.69 Å². The van der Waals surface area contributed by atoms with Crippen LogP contribution in [-0.2, 0) is 11.3 Å². The van der Waals surface area contributed by atoms with E-state index in [1.54, 1.807) is 6.20 Å². The molecule has 0 aliphatic carbocycles. The molecule has 0 spiro atoms. The molecule has 1 fully saturated rings. The van der Waals surface area contributed by atoms with Crippen LogP contribution in [0.25, 0.3) is 0 Å². The number of hydrogen-bond donors (Lipinski definition) is 2. The van der Waals surface area contributed by atoms with Gasteiger partial charge in [-0.05, 0) is 32.0 Å². The van der Waals surface area contributed by atoms with Gasteiger partial charge in [-0.25, -0.2) is 0 Å². The summed E-state index contributed by atoms with van der Waals surface area (Å²) in [5.41, 5.74) is 3.46. The van der Waals surface area contributed by atoms with Crippen molar-refractivity contribution < 1.29 is 4.74 Å². The summed E-state index contributed by atoms with van der Waals surface area (Å²) in [6.07, 6.45) is 2.29. The molecular weight excluding hydrogens is 264 g/mol. The van der Waals surface area contributed by atoms with Gasteiger partial charge in [0.05, 0.1) is 35.8 Å². The molecule has 3 rings (SSSR count). The Labute approximate surface area is 125 Å². The van der Waals surface area contributed by atoms with E-state index in [4.69, 9.17) is 4.74 Å². The van der Waals surface area contributed by atoms with Gasteiger partial charge in [-0.2, -0.15) is 5.10 Å².